The number of aryl methyl sites for hydroxylation is 1. The number of nitrogens with zero attached hydrogens (tertiary/aromatic N) is 3. The Morgan fingerprint density at radius 3 is 2.28 bits per heavy atom. The maximum Gasteiger partial charge on any atom is 0.293 e. The third-order valence-corrected chi connectivity index (χ3v) is 5.92. The minimum atomic E-state index is -0.487. The predicted molar refractivity (Wildman–Crippen MR) is 144 cm³/mol. The van der Waals surface area contributed by atoms with Crippen LogP contribution < -0.4 is 15.8 Å². The molecule has 3 aromatic carbocycles. The van der Waals surface area contributed by atoms with Gasteiger partial charge in [-0.1, -0.05) is 30.3 Å². The van der Waals surface area contributed by atoms with E-state index in [0.29, 0.717) is 16.9 Å². The van der Waals surface area contributed by atoms with Gasteiger partial charge in [-0.15, -0.1) is 0 Å². The number of anilines is 3. The summed E-state index contributed by atoms with van der Waals surface area (Å²) in [5.74, 6) is 0.209. The molecule has 0 radical (unpaired) electrons. The average molecular weight is 483 g/mol. The molecule has 0 spiro atoms. The fourth-order valence-corrected chi connectivity index (χ4v) is 4.13. The number of benzene rings is 3. The zero-order valence-electron chi connectivity index (χ0n) is 21.1. The van der Waals surface area contributed by atoms with Gasteiger partial charge in [-0.2, -0.15) is 0 Å². The van der Waals surface area contributed by atoms with Crippen LogP contribution in [0.2, 0.25) is 0 Å². The second-order valence-corrected chi connectivity index (χ2v) is 9.69. The lowest BCUT2D eigenvalue weighted by Gasteiger charge is -2.37. The zero-order valence-corrected chi connectivity index (χ0v) is 21.1. The molecule has 0 atom stereocenters. The van der Waals surface area contributed by atoms with Crippen LogP contribution in [0.3, 0.4) is 0 Å². The lowest BCUT2D eigenvalue weighted by Crippen LogP contribution is -2.46. The van der Waals surface area contributed by atoms with E-state index >= 15 is 0 Å². The molecule has 0 saturated carbocycles. The maximum atomic E-state index is 13.6. The first-order chi connectivity index (χ1) is 17.1. The number of hydrogen-bond donors (Lipinski definition) is 2. The summed E-state index contributed by atoms with van der Waals surface area (Å²) in [6, 6.07) is 21.4. The van der Waals surface area contributed by atoms with Gasteiger partial charge in [0.1, 0.15) is 5.75 Å². The lowest BCUT2D eigenvalue weighted by atomic mass is 9.97. The van der Waals surface area contributed by atoms with Crippen molar-refractivity contribution in [2.45, 2.75) is 33.2 Å². The van der Waals surface area contributed by atoms with Crippen molar-refractivity contribution in [1.82, 2.24) is 9.55 Å². The van der Waals surface area contributed by atoms with E-state index in [1.807, 2.05) is 76.2 Å². The van der Waals surface area contributed by atoms with Gasteiger partial charge >= 0.3 is 0 Å². The van der Waals surface area contributed by atoms with E-state index in [0.717, 1.165) is 16.8 Å². The number of amides is 1. The normalized spacial score (nSPS) is 11.2. The summed E-state index contributed by atoms with van der Waals surface area (Å²) in [7, 11) is 1.68. The fraction of sp³-hybridized carbons (Fsp3) is 0.207. The Labute approximate surface area is 210 Å². The van der Waals surface area contributed by atoms with Crippen LogP contribution >= 0.6 is 0 Å². The highest BCUT2D eigenvalue weighted by molar-refractivity contribution is 6.07. The summed E-state index contributed by atoms with van der Waals surface area (Å²) in [6.07, 6.45) is 1.69. The molecule has 7 heteroatoms. The molecule has 0 saturated heterocycles. The molecule has 1 aromatic heterocycles. The first-order valence-corrected chi connectivity index (χ1v) is 11.7. The van der Waals surface area contributed by atoms with Crippen molar-refractivity contribution >= 4 is 23.1 Å². The number of aromatic nitrogens is 2. The van der Waals surface area contributed by atoms with Gasteiger partial charge in [0.05, 0.1) is 5.69 Å². The van der Waals surface area contributed by atoms with Crippen molar-refractivity contribution < 1.29 is 9.90 Å². The molecule has 0 aliphatic rings. The van der Waals surface area contributed by atoms with Crippen LogP contribution in [-0.4, -0.2) is 26.1 Å². The molecule has 0 bridgehead atoms. The first kappa shape index (κ1) is 24.7. The smallest absolute Gasteiger partial charge is 0.293 e. The van der Waals surface area contributed by atoms with E-state index in [1.165, 1.54) is 16.7 Å². The van der Waals surface area contributed by atoms with Crippen molar-refractivity contribution in [3.05, 3.63) is 100 Å². The molecule has 4 rings (SSSR count). The number of rotatable bonds is 5. The quantitative estimate of drug-likeness (QED) is 0.359. The first-order valence-electron chi connectivity index (χ1n) is 11.7. The SMILES string of the molecule is Cc1c(-c2cn(C)c(=O)c(Nc3ccc(O)cc3)n2)cccc1N(C(=O)c1ccccc1)C(C)(C)C. The minimum absolute atomic E-state index is 0.0912. The van der Waals surface area contributed by atoms with Crippen molar-refractivity contribution in [3.8, 4) is 17.0 Å². The number of nitrogens with one attached hydrogen (secondary N) is 1. The highest BCUT2D eigenvalue weighted by Gasteiger charge is 2.30. The molecule has 1 amide bonds. The number of phenolic OH excluding ortho intramolecular Hbond substituents is 1. The van der Waals surface area contributed by atoms with Crippen molar-refractivity contribution in [1.29, 1.82) is 0 Å². The molecule has 7 nitrogen and oxygen atoms in total. The monoisotopic (exact) mass is 482 g/mol. The van der Waals surface area contributed by atoms with Crippen molar-refractivity contribution in [2.24, 2.45) is 7.05 Å². The summed E-state index contributed by atoms with van der Waals surface area (Å²) in [6.45, 7) is 7.97. The number of hydrogen-bond acceptors (Lipinski definition) is 5. The van der Waals surface area contributed by atoms with Gasteiger partial charge in [0.2, 0.25) is 0 Å². The molecule has 0 aliphatic heterocycles. The Hall–Kier alpha value is -4.39. The van der Waals surface area contributed by atoms with Gasteiger partial charge in [0.15, 0.2) is 5.82 Å². The lowest BCUT2D eigenvalue weighted by molar-refractivity contribution is 0.0965. The number of carbonyl (C=O) groups is 1. The van der Waals surface area contributed by atoms with Crippen LogP contribution in [0.4, 0.5) is 17.2 Å². The van der Waals surface area contributed by atoms with Crippen LogP contribution in [0.1, 0.15) is 36.7 Å². The fourth-order valence-electron chi connectivity index (χ4n) is 4.13. The molecular weight excluding hydrogens is 452 g/mol. The van der Waals surface area contributed by atoms with Gasteiger partial charge in [-0.3, -0.25) is 9.59 Å². The van der Waals surface area contributed by atoms with Crippen molar-refractivity contribution in [2.75, 3.05) is 10.2 Å². The summed E-state index contributed by atoms with van der Waals surface area (Å²) >= 11 is 0. The molecule has 4 aromatic rings. The van der Waals surface area contributed by atoms with Crippen LogP contribution in [0.25, 0.3) is 11.3 Å². The Balaban J connectivity index is 1.80. The number of aromatic hydroxyl groups is 1. The number of phenols is 1. The second-order valence-electron chi connectivity index (χ2n) is 9.69. The molecular formula is C29H30N4O3. The highest BCUT2D eigenvalue weighted by atomic mass is 16.3. The third kappa shape index (κ3) is 5.00. The zero-order chi connectivity index (χ0) is 26.0. The number of carbonyl (C=O) groups excluding carboxylic acids is 1. The van der Waals surface area contributed by atoms with E-state index in [4.69, 9.17) is 0 Å². The van der Waals surface area contributed by atoms with E-state index in [-0.39, 0.29) is 23.0 Å². The Bertz CT molecular complexity index is 1450. The van der Waals surface area contributed by atoms with Crippen LogP contribution in [-0.2, 0) is 7.05 Å². The molecule has 36 heavy (non-hydrogen) atoms. The Kier molecular flexibility index (Phi) is 6.66. The van der Waals surface area contributed by atoms with Crippen LogP contribution in [0, 0.1) is 6.92 Å². The summed E-state index contributed by atoms with van der Waals surface area (Å²) in [5.41, 5.74) is 3.53. The minimum Gasteiger partial charge on any atom is -0.508 e. The molecule has 1 heterocycles. The molecule has 0 fully saturated rings. The van der Waals surface area contributed by atoms with Gasteiger partial charge in [0.25, 0.3) is 11.5 Å². The molecule has 184 valence electrons. The average Bonchev–Trinajstić information content (AvgIpc) is 2.84. The van der Waals surface area contributed by atoms with Crippen LogP contribution in [0.15, 0.2) is 83.8 Å². The van der Waals surface area contributed by atoms with E-state index in [2.05, 4.69) is 10.3 Å². The van der Waals surface area contributed by atoms with Gasteiger partial charge in [-0.25, -0.2) is 4.98 Å². The summed E-state index contributed by atoms with van der Waals surface area (Å²) in [5, 5.41) is 12.6. The van der Waals surface area contributed by atoms with Gasteiger partial charge in [0, 0.05) is 41.3 Å². The largest absolute Gasteiger partial charge is 0.508 e. The van der Waals surface area contributed by atoms with Gasteiger partial charge < -0.3 is 19.9 Å². The summed E-state index contributed by atoms with van der Waals surface area (Å²) < 4.78 is 1.48. The van der Waals surface area contributed by atoms with E-state index < -0.39 is 5.54 Å². The Morgan fingerprint density at radius 1 is 0.972 bits per heavy atom. The third-order valence-electron chi connectivity index (χ3n) is 5.92. The highest BCUT2D eigenvalue weighted by Crippen LogP contribution is 2.34. The van der Waals surface area contributed by atoms with E-state index in [9.17, 15) is 14.7 Å². The molecule has 0 unspecified atom stereocenters. The van der Waals surface area contributed by atoms with Gasteiger partial charge in [-0.05, 0) is 75.7 Å². The predicted octanol–water partition coefficient (Wildman–Crippen LogP) is 5.65. The van der Waals surface area contributed by atoms with E-state index in [1.54, 1.807) is 30.3 Å². The second kappa shape index (κ2) is 9.70. The van der Waals surface area contributed by atoms with Crippen LogP contribution in [0.5, 0.6) is 5.75 Å². The topological polar surface area (TPSA) is 87.5 Å². The van der Waals surface area contributed by atoms with Crippen molar-refractivity contribution in [3.63, 3.8) is 0 Å². The summed E-state index contributed by atoms with van der Waals surface area (Å²) in [4.78, 5) is 32.8. The maximum absolute atomic E-state index is 13.6. The Morgan fingerprint density at radius 2 is 1.64 bits per heavy atom. The standard InChI is InChI=1S/C29H30N4O3/c1-19-23(24-18-32(5)28(36)26(31-24)30-21-14-16-22(34)17-15-21)12-9-13-25(19)33(29(2,3)4)27(35)20-10-7-6-8-11-20/h6-18,34H,1-5H3,(H,30,31). The molecule has 0 aliphatic carbocycles. The molecule has 2 N–H and O–H groups in total.